The van der Waals surface area contributed by atoms with Crippen LogP contribution >= 0.6 is 0 Å². The first-order valence-corrected chi connectivity index (χ1v) is 6.42. The number of nitrogens with one attached hydrogen (secondary N) is 1. The van der Waals surface area contributed by atoms with E-state index in [4.69, 9.17) is 5.73 Å². The SMILES string of the molecule is C=CC1=C(/C(N)=C\C)CN(C2CCC(=O)NC2=O)C1=O. The van der Waals surface area contributed by atoms with Crippen molar-refractivity contribution in [1.29, 1.82) is 0 Å². The van der Waals surface area contributed by atoms with Crippen molar-refractivity contribution in [3.05, 3.63) is 35.6 Å². The molecule has 1 unspecified atom stereocenters. The van der Waals surface area contributed by atoms with Gasteiger partial charge in [-0.3, -0.25) is 19.7 Å². The number of carbonyl (C=O) groups is 3. The molecule has 1 atom stereocenters. The molecule has 20 heavy (non-hydrogen) atoms. The predicted octanol–water partition coefficient (Wildman–Crippen LogP) is -0.0211. The maximum absolute atomic E-state index is 12.3. The van der Waals surface area contributed by atoms with Crippen LogP contribution in [0.15, 0.2) is 35.6 Å². The van der Waals surface area contributed by atoms with E-state index in [1.807, 2.05) is 0 Å². The highest BCUT2D eigenvalue weighted by Crippen LogP contribution is 2.27. The van der Waals surface area contributed by atoms with E-state index in [2.05, 4.69) is 11.9 Å². The molecule has 106 valence electrons. The molecule has 6 nitrogen and oxygen atoms in total. The van der Waals surface area contributed by atoms with Crippen LogP contribution in [0.25, 0.3) is 0 Å². The molecule has 6 heteroatoms. The molecule has 2 aliphatic rings. The van der Waals surface area contributed by atoms with E-state index in [1.165, 1.54) is 11.0 Å². The average Bonchev–Trinajstić information content (AvgIpc) is 2.75. The Kier molecular flexibility index (Phi) is 3.74. The van der Waals surface area contributed by atoms with E-state index in [0.29, 0.717) is 23.3 Å². The lowest BCUT2D eigenvalue weighted by atomic mass is 10.0. The van der Waals surface area contributed by atoms with Gasteiger partial charge in [-0.1, -0.05) is 18.7 Å². The second kappa shape index (κ2) is 5.32. The Morgan fingerprint density at radius 3 is 2.70 bits per heavy atom. The first kappa shape index (κ1) is 14.0. The molecule has 0 radical (unpaired) electrons. The summed E-state index contributed by atoms with van der Waals surface area (Å²) in [6.07, 6.45) is 3.74. The quantitative estimate of drug-likeness (QED) is 0.708. The predicted molar refractivity (Wildman–Crippen MR) is 73.1 cm³/mol. The lowest BCUT2D eigenvalue weighted by Crippen LogP contribution is -2.53. The van der Waals surface area contributed by atoms with Gasteiger partial charge in [-0.25, -0.2) is 0 Å². The maximum atomic E-state index is 12.3. The molecule has 3 amide bonds. The lowest BCUT2D eigenvalue weighted by Gasteiger charge is -2.29. The zero-order valence-corrected chi connectivity index (χ0v) is 11.3. The number of hydrogen-bond donors (Lipinski definition) is 2. The monoisotopic (exact) mass is 275 g/mol. The summed E-state index contributed by atoms with van der Waals surface area (Å²) in [6.45, 7) is 5.67. The van der Waals surface area contributed by atoms with E-state index in [1.54, 1.807) is 13.0 Å². The highest BCUT2D eigenvalue weighted by Gasteiger charge is 2.39. The third-order valence-corrected chi connectivity index (χ3v) is 3.59. The number of carbonyl (C=O) groups excluding carboxylic acids is 3. The minimum absolute atomic E-state index is 0.234. The molecule has 0 bridgehead atoms. The lowest BCUT2D eigenvalue weighted by molar-refractivity contribution is -0.142. The fraction of sp³-hybridized carbons (Fsp3) is 0.357. The molecule has 2 aliphatic heterocycles. The number of imide groups is 1. The Bertz CT molecular complexity index is 560. The molecular formula is C14H17N3O3. The van der Waals surface area contributed by atoms with Gasteiger partial charge in [0.05, 0.1) is 0 Å². The molecule has 3 N–H and O–H groups in total. The number of nitrogens with zero attached hydrogens (tertiary/aromatic N) is 1. The van der Waals surface area contributed by atoms with E-state index in [-0.39, 0.29) is 24.8 Å². The van der Waals surface area contributed by atoms with Crippen molar-refractivity contribution in [1.82, 2.24) is 10.2 Å². The van der Waals surface area contributed by atoms with Crippen molar-refractivity contribution in [3.63, 3.8) is 0 Å². The maximum Gasteiger partial charge on any atom is 0.255 e. The molecule has 0 aromatic rings. The van der Waals surface area contributed by atoms with Crippen molar-refractivity contribution in [3.8, 4) is 0 Å². The van der Waals surface area contributed by atoms with Gasteiger partial charge in [0.2, 0.25) is 11.8 Å². The summed E-state index contributed by atoms with van der Waals surface area (Å²) in [5.41, 5.74) is 7.48. The molecule has 0 aromatic carbocycles. The summed E-state index contributed by atoms with van der Waals surface area (Å²) in [4.78, 5) is 36.8. The Morgan fingerprint density at radius 2 is 2.15 bits per heavy atom. The standard InChI is InChI=1S/C14H17N3O3/c1-3-8-9(10(15)4-2)7-17(14(8)20)11-5-6-12(18)16-13(11)19/h3-4,11H,1,5-7,15H2,2H3,(H,16,18,19)/b10-4+. The molecule has 1 fully saturated rings. The fourth-order valence-electron chi connectivity index (χ4n) is 2.47. The second-order valence-corrected chi connectivity index (χ2v) is 4.74. The number of nitrogens with two attached hydrogens (primary N) is 1. The Hall–Kier alpha value is -2.37. The Morgan fingerprint density at radius 1 is 1.45 bits per heavy atom. The van der Waals surface area contributed by atoms with Gasteiger partial charge < -0.3 is 10.6 Å². The van der Waals surface area contributed by atoms with E-state index < -0.39 is 11.9 Å². The number of allylic oxidation sites excluding steroid dienone is 1. The number of rotatable bonds is 3. The number of hydrogen-bond acceptors (Lipinski definition) is 4. The van der Waals surface area contributed by atoms with Crippen LogP contribution in [-0.2, 0) is 14.4 Å². The van der Waals surface area contributed by atoms with Crippen LogP contribution in [0.2, 0.25) is 0 Å². The van der Waals surface area contributed by atoms with Crippen molar-refractivity contribution in [2.24, 2.45) is 5.73 Å². The zero-order chi connectivity index (χ0) is 14.9. The topological polar surface area (TPSA) is 92.5 Å². The third-order valence-electron chi connectivity index (χ3n) is 3.59. The van der Waals surface area contributed by atoms with E-state index in [9.17, 15) is 14.4 Å². The third kappa shape index (κ3) is 2.24. The van der Waals surface area contributed by atoms with Gasteiger partial charge in [-0.2, -0.15) is 0 Å². The van der Waals surface area contributed by atoms with Gasteiger partial charge in [0.1, 0.15) is 6.04 Å². The molecule has 0 aliphatic carbocycles. The molecule has 0 spiro atoms. The first-order chi connectivity index (χ1) is 9.49. The summed E-state index contributed by atoms with van der Waals surface area (Å²) in [7, 11) is 0. The van der Waals surface area contributed by atoms with Gasteiger partial charge >= 0.3 is 0 Å². The Balaban J connectivity index is 2.26. The molecule has 0 saturated carbocycles. The summed E-state index contributed by atoms with van der Waals surface area (Å²) < 4.78 is 0. The van der Waals surface area contributed by atoms with Crippen LogP contribution in [-0.4, -0.2) is 35.2 Å². The largest absolute Gasteiger partial charge is 0.399 e. The summed E-state index contributed by atoms with van der Waals surface area (Å²) in [5.74, 6) is -1.00. The highest BCUT2D eigenvalue weighted by molar-refractivity contribution is 6.06. The van der Waals surface area contributed by atoms with Crippen LogP contribution in [0, 0.1) is 0 Å². The zero-order valence-electron chi connectivity index (χ0n) is 11.3. The normalized spacial score (nSPS) is 24.2. The van der Waals surface area contributed by atoms with Gasteiger partial charge in [0.25, 0.3) is 5.91 Å². The van der Waals surface area contributed by atoms with Crippen molar-refractivity contribution in [2.45, 2.75) is 25.8 Å². The number of piperidine rings is 1. The molecular weight excluding hydrogens is 258 g/mol. The first-order valence-electron chi connectivity index (χ1n) is 6.42. The summed E-state index contributed by atoms with van der Waals surface area (Å²) in [6, 6.07) is -0.627. The smallest absolute Gasteiger partial charge is 0.255 e. The van der Waals surface area contributed by atoms with Crippen LogP contribution in [0.4, 0.5) is 0 Å². The molecule has 2 rings (SSSR count). The molecule has 2 heterocycles. The number of amides is 3. The van der Waals surface area contributed by atoms with E-state index >= 15 is 0 Å². The van der Waals surface area contributed by atoms with E-state index in [0.717, 1.165) is 0 Å². The molecule has 1 saturated heterocycles. The fourth-order valence-corrected chi connectivity index (χ4v) is 2.47. The molecule has 0 aromatic heterocycles. The van der Waals surface area contributed by atoms with Crippen LogP contribution in [0.1, 0.15) is 19.8 Å². The van der Waals surface area contributed by atoms with Crippen LogP contribution in [0.3, 0.4) is 0 Å². The van der Waals surface area contributed by atoms with Crippen molar-refractivity contribution in [2.75, 3.05) is 6.54 Å². The van der Waals surface area contributed by atoms with Crippen molar-refractivity contribution >= 4 is 17.7 Å². The van der Waals surface area contributed by atoms with Crippen molar-refractivity contribution < 1.29 is 14.4 Å². The van der Waals surface area contributed by atoms with Gasteiger partial charge in [0, 0.05) is 29.8 Å². The summed E-state index contributed by atoms with van der Waals surface area (Å²) in [5, 5.41) is 2.26. The second-order valence-electron chi connectivity index (χ2n) is 4.74. The van der Waals surface area contributed by atoms with Crippen LogP contribution < -0.4 is 11.1 Å². The van der Waals surface area contributed by atoms with Gasteiger partial charge in [-0.15, -0.1) is 0 Å². The van der Waals surface area contributed by atoms with Crippen LogP contribution in [0.5, 0.6) is 0 Å². The summed E-state index contributed by atoms with van der Waals surface area (Å²) >= 11 is 0. The average molecular weight is 275 g/mol. The highest BCUT2D eigenvalue weighted by atomic mass is 16.2. The Labute approximate surface area is 117 Å². The minimum Gasteiger partial charge on any atom is -0.399 e. The minimum atomic E-state index is -0.627. The van der Waals surface area contributed by atoms with Gasteiger partial charge in [-0.05, 0) is 13.3 Å². The van der Waals surface area contributed by atoms with Gasteiger partial charge in [0.15, 0.2) is 0 Å².